The number of likely N-dealkylation sites (N-methyl/N-ethyl adjacent to an activating group) is 1. The number of hydrogen-bond donors (Lipinski definition) is 1. The first-order chi connectivity index (χ1) is 16.4. The third kappa shape index (κ3) is 4.51. The second kappa shape index (κ2) is 9.33. The van der Waals surface area contributed by atoms with Crippen LogP contribution < -0.4 is 4.90 Å². The molecule has 1 aliphatic heterocycles. The number of aryl methyl sites for hydroxylation is 1. The smallest absolute Gasteiger partial charge is 0.307 e. The Hall–Kier alpha value is -3.00. The van der Waals surface area contributed by atoms with Crippen molar-refractivity contribution in [2.75, 3.05) is 38.1 Å². The molecule has 3 heterocycles. The van der Waals surface area contributed by atoms with Gasteiger partial charge in [-0.05, 0) is 61.0 Å². The van der Waals surface area contributed by atoms with Gasteiger partial charge in [0.1, 0.15) is 10.8 Å². The number of rotatable bonds is 5. The Bertz CT molecular complexity index is 1360. The van der Waals surface area contributed by atoms with Crippen LogP contribution in [0.1, 0.15) is 11.1 Å². The van der Waals surface area contributed by atoms with E-state index >= 15 is 0 Å². The molecule has 1 N–H and O–H groups in total. The lowest BCUT2D eigenvalue weighted by atomic mass is 9.93. The van der Waals surface area contributed by atoms with Gasteiger partial charge in [-0.15, -0.1) is 11.3 Å². The summed E-state index contributed by atoms with van der Waals surface area (Å²) in [6, 6.07) is 13.7. The van der Waals surface area contributed by atoms with Crippen molar-refractivity contribution in [3.8, 4) is 21.7 Å². The van der Waals surface area contributed by atoms with E-state index in [4.69, 9.17) is 16.6 Å². The van der Waals surface area contributed by atoms with Crippen molar-refractivity contribution in [3.05, 3.63) is 64.8 Å². The summed E-state index contributed by atoms with van der Waals surface area (Å²) in [5.74, 6) is 0.110. The predicted molar refractivity (Wildman–Crippen MR) is 139 cm³/mol. The lowest BCUT2D eigenvalue weighted by Gasteiger charge is -2.33. The highest BCUT2D eigenvalue weighted by Gasteiger charge is 2.20. The first-order valence-corrected chi connectivity index (χ1v) is 12.4. The number of carboxylic acid groups (broad SMARTS) is 1. The van der Waals surface area contributed by atoms with Crippen LogP contribution in [0.25, 0.3) is 31.9 Å². The Morgan fingerprint density at radius 1 is 1.09 bits per heavy atom. The molecule has 4 aromatic rings. The molecule has 2 aromatic carbocycles. The summed E-state index contributed by atoms with van der Waals surface area (Å²) in [5, 5.41) is 11.1. The zero-order chi connectivity index (χ0) is 23.8. The summed E-state index contributed by atoms with van der Waals surface area (Å²) in [7, 11) is 2.14. The van der Waals surface area contributed by atoms with Crippen LogP contribution in [0, 0.1) is 6.92 Å². The minimum absolute atomic E-state index is 0.0459. The quantitative estimate of drug-likeness (QED) is 0.404. The normalized spacial score (nSPS) is 14.6. The van der Waals surface area contributed by atoms with E-state index in [0.29, 0.717) is 5.02 Å². The van der Waals surface area contributed by atoms with Crippen LogP contribution in [0.15, 0.2) is 48.7 Å². The van der Waals surface area contributed by atoms with Gasteiger partial charge in [0, 0.05) is 48.5 Å². The number of aromatic nitrogens is 2. The molecule has 0 spiro atoms. The Labute approximate surface area is 207 Å². The molecule has 0 amide bonds. The fourth-order valence-electron chi connectivity index (χ4n) is 4.42. The predicted octanol–water partition coefficient (Wildman–Crippen LogP) is 5.37. The third-order valence-electron chi connectivity index (χ3n) is 6.29. The number of fused-ring (bicyclic) bond motifs is 1. The molecule has 1 saturated heterocycles. The number of benzene rings is 2. The van der Waals surface area contributed by atoms with Crippen LogP contribution in [-0.4, -0.2) is 59.2 Å². The summed E-state index contributed by atoms with van der Waals surface area (Å²) in [6.07, 6.45) is 1.80. The molecule has 0 radical (unpaired) electrons. The first kappa shape index (κ1) is 22.8. The van der Waals surface area contributed by atoms with Crippen LogP contribution in [0.3, 0.4) is 0 Å². The van der Waals surface area contributed by atoms with E-state index in [9.17, 15) is 9.90 Å². The molecule has 0 atom stereocenters. The minimum atomic E-state index is -0.853. The number of thiazole rings is 1. The van der Waals surface area contributed by atoms with Crippen LogP contribution in [0.2, 0.25) is 5.02 Å². The zero-order valence-corrected chi connectivity index (χ0v) is 20.7. The molecule has 1 aliphatic rings. The minimum Gasteiger partial charge on any atom is -0.481 e. The Balaban J connectivity index is 1.62. The maximum Gasteiger partial charge on any atom is 0.307 e. The van der Waals surface area contributed by atoms with Crippen molar-refractivity contribution in [3.63, 3.8) is 0 Å². The van der Waals surface area contributed by atoms with Gasteiger partial charge in [-0.25, -0.2) is 9.97 Å². The Morgan fingerprint density at radius 3 is 2.53 bits per heavy atom. The van der Waals surface area contributed by atoms with E-state index in [2.05, 4.69) is 27.9 Å². The molecule has 5 rings (SSSR count). The van der Waals surface area contributed by atoms with Crippen molar-refractivity contribution in [1.29, 1.82) is 0 Å². The fourth-order valence-corrected chi connectivity index (χ4v) is 5.68. The van der Waals surface area contributed by atoms with Crippen LogP contribution in [0.5, 0.6) is 0 Å². The average molecular weight is 493 g/mol. The second-order valence-electron chi connectivity index (χ2n) is 8.68. The molecule has 34 heavy (non-hydrogen) atoms. The first-order valence-electron chi connectivity index (χ1n) is 11.2. The second-order valence-corrected chi connectivity index (χ2v) is 10.1. The monoisotopic (exact) mass is 492 g/mol. The zero-order valence-electron chi connectivity index (χ0n) is 19.1. The van der Waals surface area contributed by atoms with Gasteiger partial charge in [0.25, 0.3) is 0 Å². The van der Waals surface area contributed by atoms with Gasteiger partial charge in [-0.3, -0.25) is 4.79 Å². The molecule has 6 nitrogen and oxygen atoms in total. The number of carbonyl (C=O) groups is 1. The lowest BCUT2D eigenvalue weighted by Crippen LogP contribution is -2.44. The molecule has 0 aliphatic carbocycles. The lowest BCUT2D eigenvalue weighted by molar-refractivity contribution is -0.136. The average Bonchev–Trinajstić information content (AvgIpc) is 3.24. The summed E-state index contributed by atoms with van der Waals surface area (Å²) in [5.41, 5.74) is 5.48. The topological polar surface area (TPSA) is 69.6 Å². The molecule has 174 valence electrons. The van der Waals surface area contributed by atoms with Crippen LogP contribution >= 0.6 is 22.9 Å². The van der Waals surface area contributed by atoms with Gasteiger partial charge in [-0.1, -0.05) is 23.7 Å². The summed E-state index contributed by atoms with van der Waals surface area (Å²) < 4.78 is 0.983. The molecule has 0 saturated carbocycles. The van der Waals surface area contributed by atoms with E-state index in [-0.39, 0.29) is 6.42 Å². The van der Waals surface area contributed by atoms with Crippen LogP contribution in [0.4, 0.5) is 5.82 Å². The number of aliphatic carboxylic acids is 1. The van der Waals surface area contributed by atoms with Crippen molar-refractivity contribution in [2.45, 2.75) is 13.3 Å². The van der Waals surface area contributed by atoms with Gasteiger partial charge in [0.05, 0.1) is 16.6 Å². The SMILES string of the molecule is Cc1cc2nc(-c3ccnc(N4CCN(C)CC4)c3)sc2c(-c2ccc(Cl)cc2)c1CC(=O)O. The number of hydrogen-bond acceptors (Lipinski definition) is 6. The largest absolute Gasteiger partial charge is 0.481 e. The van der Waals surface area contributed by atoms with Crippen molar-refractivity contribution < 1.29 is 9.90 Å². The van der Waals surface area contributed by atoms with Gasteiger partial charge in [0.2, 0.25) is 0 Å². The highest BCUT2D eigenvalue weighted by atomic mass is 35.5. The Kier molecular flexibility index (Phi) is 6.25. The molecular weight excluding hydrogens is 468 g/mol. The van der Waals surface area contributed by atoms with Crippen molar-refractivity contribution in [2.24, 2.45) is 0 Å². The number of halogens is 1. The maximum absolute atomic E-state index is 11.7. The van der Waals surface area contributed by atoms with Gasteiger partial charge >= 0.3 is 5.97 Å². The number of nitrogens with zero attached hydrogens (tertiary/aromatic N) is 4. The van der Waals surface area contributed by atoms with Gasteiger partial charge in [0.15, 0.2) is 0 Å². The van der Waals surface area contributed by atoms with Crippen LogP contribution in [-0.2, 0) is 11.2 Å². The molecule has 2 aromatic heterocycles. The van der Waals surface area contributed by atoms with Crippen molar-refractivity contribution in [1.82, 2.24) is 14.9 Å². The number of carboxylic acids is 1. The number of anilines is 1. The number of piperazine rings is 1. The molecule has 8 heteroatoms. The summed E-state index contributed by atoms with van der Waals surface area (Å²) >= 11 is 7.72. The molecular formula is C26H25ClN4O2S. The van der Waals surface area contributed by atoms with Gasteiger partial charge in [-0.2, -0.15) is 0 Å². The van der Waals surface area contributed by atoms with E-state index in [1.807, 2.05) is 49.5 Å². The molecule has 1 fully saturated rings. The standard InChI is InChI=1S/C26H25ClN4O2S/c1-16-13-21-25(24(20(16)15-23(32)33)17-3-5-19(27)6-4-17)34-26(29-21)18-7-8-28-22(14-18)31-11-9-30(2)10-12-31/h3-8,13-14H,9-12,15H2,1-2H3,(H,32,33). The van der Waals surface area contributed by atoms with E-state index in [1.54, 1.807) is 11.3 Å². The fraction of sp³-hybridized carbons (Fsp3) is 0.269. The highest BCUT2D eigenvalue weighted by Crippen LogP contribution is 2.41. The molecule has 0 unspecified atom stereocenters. The van der Waals surface area contributed by atoms with E-state index in [1.165, 1.54) is 0 Å². The summed E-state index contributed by atoms with van der Waals surface area (Å²) in [4.78, 5) is 25.9. The molecule has 0 bridgehead atoms. The highest BCUT2D eigenvalue weighted by molar-refractivity contribution is 7.22. The van der Waals surface area contributed by atoms with Gasteiger partial charge < -0.3 is 14.9 Å². The number of pyridine rings is 1. The Morgan fingerprint density at radius 2 is 1.82 bits per heavy atom. The van der Waals surface area contributed by atoms with Crippen molar-refractivity contribution >= 4 is 44.9 Å². The maximum atomic E-state index is 11.7. The van der Waals surface area contributed by atoms with E-state index in [0.717, 1.165) is 75.0 Å². The summed E-state index contributed by atoms with van der Waals surface area (Å²) in [6.45, 7) is 5.89. The third-order valence-corrected chi connectivity index (χ3v) is 7.68. The van der Waals surface area contributed by atoms with E-state index < -0.39 is 5.97 Å².